The summed E-state index contributed by atoms with van der Waals surface area (Å²) in [6.45, 7) is 3.10. The van der Waals surface area contributed by atoms with Crippen LogP contribution in [-0.4, -0.2) is 56.1 Å². The highest BCUT2D eigenvalue weighted by atomic mass is 16.2. The van der Waals surface area contributed by atoms with Crippen LogP contribution in [0, 0.1) is 0 Å². The van der Waals surface area contributed by atoms with E-state index in [0.717, 1.165) is 11.0 Å². The van der Waals surface area contributed by atoms with E-state index in [-0.39, 0.29) is 11.6 Å². The monoisotopic (exact) mass is 366 g/mol. The molecule has 0 aliphatic carbocycles. The molecule has 1 amide bonds. The number of hydrogen-bond acceptors (Lipinski definition) is 5. The number of aryl methyl sites for hydroxylation is 2. The Morgan fingerprint density at radius 2 is 1.67 bits per heavy atom. The van der Waals surface area contributed by atoms with E-state index < -0.39 is 0 Å². The lowest BCUT2D eigenvalue weighted by molar-refractivity contribution is -0.131. The lowest BCUT2D eigenvalue weighted by atomic mass is 10.2. The normalized spacial score (nSPS) is 14.7. The van der Waals surface area contributed by atoms with Gasteiger partial charge in [0.15, 0.2) is 0 Å². The van der Waals surface area contributed by atoms with E-state index in [9.17, 15) is 9.59 Å². The molecule has 0 saturated carbocycles. The first-order chi connectivity index (χ1) is 13.1. The predicted molar refractivity (Wildman–Crippen MR) is 103 cm³/mol. The number of hydrogen-bond donors (Lipinski definition) is 0. The fourth-order valence-corrected chi connectivity index (χ4v) is 3.56. The zero-order valence-corrected chi connectivity index (χ0v) is 15.3. The molecule has 0 spiro atoms. The van der Waals surface area contributed by atoms with Crippen LogP contribution in [0.25, 0.3) is 11.0 Å². The van der Waals surface area contributed by atoms with Crippen molar-refractivity contribution in [2.75, 3.05) is 31.1 Å². The molecule has 8 nitrogen and oxygen atoms in total. The van der Waals surface area contributed by atoms with Gasteiger partial charge < -0.3 is 9.80 Å². The third kappa shape index (κ3) is 3.30. The first kappa shape index (κ1) is 17.3. The molecule has 8 heteroatoms. The Morgan fingerprint density at radius 1 is 1.00 bits per heavy atom. The quantitative estimate of drug-likeness (QED) is 0.685. The molecule has 3 aromatic rings. The minimum Gasteiger partial charge on any atom is -0.339 e. The Balaban J connectivity index is 1.39. The number of para-hydroxylation sites is 2. The number of benzene rings is 1. The van der Waals surface area contributed by atoms with E-state index in [1.54, 1.807) is 34.6 Å². The SMILES string of the molecule is Cn1c(=O)n(CCC(=O)N2CCN(c3ncccn3)CC2)c2ccccc21. The number of fused-ring (bicyclic) bond motifs is 1. The van der Waals surface area contributed by atoms with Crippen molar-refractivity contribution in [2.45, 2.75) is 13.0 Å². The summed E-state index contributed by atoms with van der Waals surface area (Å²) in [6.07, 6.45) is 3.76. The maximum absolute atomic E-state index is 12.6. The summed E-state index contributed by atoms with van der Waals surface area (Å²) < 4.78 is 3.31. The highest BCUT2D eigenvalue weighted by Gasteiger charge is 2.22. The lowest BCUT2D eigenvalue weighted by Gasteiger charge is -2.34. The molecule has 3 heterocycles. The first-order valence-corrected chi connectivity index (χ1v) is 9.09. The Hall–Kier alpha value is -3.16. The van der Waals surface area contributed by atoms with Crippen molar-refractivity contribution in [3.63, 3.8) is 0 Å². The molecule has 140 valence electrons. The summed E-state index contributed by atoms with van der Waals surface area (Å²) in [5.74, 6) is 0.773. The minimum atomic E-state index is -0.0879. The highest BCUT2D eigenvalue weighted by molar-refractivity contribution is 5.78. The largest absolute Gasteiger partial charge is 0.339 e. The van der Waals surface area contributed by atoms with Gasteiger partial charge in [-0.2, -0.15) is 0 Å². The number of aromatic nitrogens is 4. The van der Waals surface area contributed by atoms with Gasteiger partial charge in [0.05, 0.1) is 11.0 Å². The minimum absolute atomic E-state index is 0.0727. The van der Waals surface area contributed by atoms with Crippen LogP contribution in [0.2, 0.25) is 0 Å². The molecule has 0 N–H and O–H groups in total. The van der Waals surface area contributed by atoms with Crippen molar-refractivity contribution in [1.29, 1.82) is 0 Å². The van der Waals surface area contributed by atoms with Crippen LogP contribution < -0.4 is 10.6 Å². The van der Waals surface area contributed by atoms with Crippen LogP contribution in [-0.2, 0) is 18.4 Å². The number of anilines is 1. The van der Waals surface area contributed by atoms with Crippen LogP contribution in [0.15, 0.2) is 47.5 Å². The van der Waals surface area contributed by atoms with Crippen LogP contribution in [0.5, 0.6) is 0 Å². The van der Waals surface area contributed by atoms with Crippen molar-refractivity contribution >= 4 is 22.9 Å². The van der Waals surface area contributed by atoms with Gasteiger partial charge in [-0.05, 0) is 18.2 Å². The van der Waals surface area contributed by atoms with Crippen molar-refractivity contribution in [3.05, 3.63) is 53.2 Å². The Kier molecular flexibility index (Phi) is 4.62. The number of nitrogens with zero attached hydrogens (tertiary/aromatic N) is 6. The Morgan fingerprint density at radius 3 is 2.37 bits per heavy atom. The topological polar surface area (TPSA) is 76.3 Å². The van der Waals surface area contributed by atoms with Gasteiger partial charge in [0, 0.05) is 58.6 Å². The molecule has 0 atom stereocenters. The number of carbonyl (C=O) groups is 1. The summed E-state index contributed by atoms with van der Waals surface area (Å²) >= 11 is 0. The van der Waals surface area contributed by atoms with E-state index >= 15 is 0 Å². The van der Waals surface area contributed by atoms with E-state index in [0.29, 0.717) is 45.1 Å². The van der Waals surface area contributed by atoms with Crippen LogP contribution in [0.1, 0.15) is 6.42 Å². The molecule has 4 rings (SSSR count). The lowest BCUT2D eigenvalue weighted by Crippen LogP contribution is -2.49. The Labute approximate surface area is 156 Å². The van der Waals surface area contributed by atoms with E-state index in [2.05, 4.69) is 14.9 Å². The molecule has 0 radical (unpaired) electrons. The number of piperazine rings is 1. The number of amides is 1. The third-order valence-electron chi connectivity index (χ3n) is 5.07. The summed E-state index contributed by atoms with van der Waals surface area (Å²) in [5, 5.41) is 0. The van der Waals surface area contributed by atoms with Crippen LogP contribution >= 0.6 is 0 Å². The van der Waals surface area contributed by atoms with Gasteiger partial charge in [-0.3, -0.25) is 13.9 Å². The van der Waals surface area contributed by atoms with Gasteiger partial charge in [-0.1, -0.05) is 12.1 Å². The second-order valence-corrected chi connectivity index (χ2v) is 6.65. The van der Waals surface area contributed by atoms with Crippen LogP contribution in [0.3, 0.4) is 0 Å². The van der Waals surface area contributed by atoms with Crippen molar-refractivity contribution < 1.29 is 4.79 Å². The van der Waals surface area contributed by atoms with E-state index in [1.807, 2.05) is 29.2 Å². The molecular weight excluding hydrogens is 344 g/mol. The van der Waals surface area contributed by atoms with Crippen molar-refractivity contribution in [1.82, 2.24) is 24.0 Å². The number of rotatable bonds is 4. The van der Waals surface area contributed by atoms with Crippen molar-refractivity contribution in [3.8, 4) is 0 Å². The van der Waals surface area contributed by atoms with Gasteiger partial charge >= 0.3 is 5.69 Å². The van der Waals surface area contributed by atoms with E-state index in [1.165, 1.54) is 0 Å². The maximum atomic E-state index is 12.6. The van der Waals surface area contributed by atoms with E-state index in [4.69, 9.17) is 0 Å². The smallest absolute Gasteiger partial charge is 0.328 e. The highest BCUT2D eigenvalue weighted by Crippen LogP contribution is 2.13. The molecule has 1 aliphatic heterocycles. The fraction of sp³-hybridized carbons (Fsp3) is 0.368. The summed E-state index contributed by atoms with van der Waals surface area (Å²) in [7, 11) is 1.76. The predicted octanol–water partition coefficient (Wildman–Crippen LogP) is 0.869. The zero-order valence-electron chi connectivity index (χ0n) is 15.3. The second kappa shape index (κ2) is 7.22. The molecular formula is C19H22N6O2. The van der Waals surface area contributed by atoms with Crippen molar-refractivity contribution in [2.24, 2.45) is 7.05 Å². The van der Waals surface area contributed by atoms with Gasteiger partial charge in [0.25, 0.3) is 0 Å². The molecule has 1 saturated heterocycles. The third-order valence-corrected chi connectivity index (χ3v) is 5.07. The molecule has 1 aromatic carbocycles. The average molecular weight is 366 g/mol. The maximum Gasteiger partial charge on any atom is 0.328 e. The molecule has 27 heavy (non-hydrogen) atoms. The average Bonchev–Trinajstić information content (AvgIpc) is 2.97. The summed E-state index contributed by atoms with van der Waals surface area (Å²) in [5.41, 5.74) is 1.66. The van der Waals surface area contributed by atoms with Crippen LogP contribution in [0.4, 0.5) is 5.95 Å². The zero-order chi connectivity index (χ0) is 18.8. The van der Waals surface area contributed by atoms with Gasteiger partial charge in [0.1, 0.15) is 0 Å². The molecule has 2 aromatic heterocycles. The number of carbonyl (C=O) groups excluding carboxylic acids is 1. The second-order valence-electron chi connectivity index (χ2n) is 6.65. The van der Waals surface area contributed by atoms with Gasteiger partial charge in [0.2, 0.25) is 11.9 Å². The molecule has 1 fully saturated rings. The summed E-state index contributed by atoms with van der Waals surface area (Å²) in [4.78, 5) is 37.5. The van der Waals surface area contributed by atoms with Gasteiger partial charge in [-0.25, -0.2) is 14.8 Å². The number of imidazole rings is 1. The molecule has 0 unspecified atom stereocenters. The molecule has 0 bridgehead atoms. The standard InChI is InChI=1S/C19H22N6O2/c1-22-15-5-2-3-6-16(15)25(19(22)27)10-7-17(26)23-11-13-24(14-12-23)18-20-8-4-9-21-18/h2-6,8-9H,7,10-14H2,1H3. The molecule has 1 aliphatic rings. The van der Waals surface area contributed by atoms with Gasteiger partial charge in [-0.15, -0.1) is 0 Å². The summed E-state index contributed by atoms with van der Waals surface area (Å²) in [6, 6.07) is 9.44. The fourth-order valence-electron chi connectivity index (χ4n) is 3.56. The Bertz CT molecular complexity index is 1000. The first-order valence-electron chi connectivity index (χ1n) is 9.09.